The molecule has 0 spiro atoms. The largest absolute Gasteiger partial charge is 0.0622 e. The van der Waals surface area contributed by atoms with Gasteiger partial charge in [0.15, 0.2) is 0 Å². The highest BCUT2D eigenvalue weighted by Gasteiger charge is 2.41. The highest BCUT2D eigenvalue weighted by atomic mass is 14.4. The van der Waals surface area contributed by atoms with Crippen molar-refractivity contribution in [3.05, 3.63) is 96.1 Å². The zero-order valence-corrected chi connectivity index (χ0v) is 15.4. The van der Waals surface area contributed by atoms with Gasteiger partial charge in [-0.2, -0.15) is 0 Å². The Balaban J connectivity index is 1.80. The molecule has 0 aromatic heterocycles. The Morgan fingerprint density at radius 2 is 0.889 bits per heavy atom. The summed E-state index contributed by atoms with van der Waals surface area (Å²) in [6.45, 7) is 0. The SMILES string of the molecule is c1ccc(-c2c3c(c(-c4ccccc4)c4ccccc24)[C@H]2CC[C@H]3C2)cc1. The Bertz CT molecular complexity index is 1050. The van der Waals surface area contributed by atoms with Crippen molar-refractivity contribution < 1.29 is 0 Å². The first-order valence-corrected chi connectivity index (χ1v) is 10.1. The second-order valence-electron chi connectivity index (χ2n) is 8.06. The maximum atomic E-state index is 2.33. The van der Waals surface area contributed by atoms with Crippen LogP contribution in [0.4, 0.5) is 0 Å². The summed E-state index contributed by atoms with van der Waals surface area (Å²) in [5.74, 6) is 1.46. The predicted molar refractivity (Wildman–Crippen MR) is 114 cm³/mol. The fourth-order valence-corrected chi connectivity index (χ4v) is 5.66. The molecule has 0 radical (unpaired) electrons. The van der Waals surface area contributed by atoms with Crippen molar-refractivity contribution in [2.45, 2.75) is 31.1 Å². The van der Waals surface area contributed by atoms with Gasteiger partial charge in [0.1, 0.15) is 0 Å². The van der Waals surface area contributed by atoms with Gasteiger partial charge in [-0.1, -0.05) is 84.9 Å². The summed E-state index contributed by atoms with van der Waals surface area (Å²) in [7, 11) is 0. The molecular formula is C27H22. The molecule has 130 valence electrons. The molecule has 0 heteroatoms. The standard InChI is InChI=1S/C27H22/c1-3-9-18(10-4-1)24-22-13-7-8-14-23(22)25(19-11-5-2-6-12-19)27-21-16-15-20(17-21)26(24)27/h1-14,20-21H,15-17H2/t20-,21-/m0/s1. The predicted octanol–water partition coefficient (Wildman–Crippen LogP) is 7.54. The minimum atomic E-state index is 0.729. The summed E-state index contributed by atoms with van der Waals surface area (Å²) in [6, 6.07) is 31.2. The van der Waals surface area contributed by atoms with Crippen LogP contribution in [-0.4, -0.2) is 0 Å². The first-order chi connectivity index (χ1) is 13.4. The van der Waals surface area contributed by atoms with E-state index in [0.717, 1.165) is 11.8 Å². The lowest BCUT2D eigenvalue weighted by Gasteiger charge is -2.26. The van der Waals surface area contributed by atoms with Crippen LogP contribution in [0.1, 0.15) is 42.2 Å². The molecule has 0 N–H and O–H groups in total. The highest BCUT2D eigenvalue weighted by Crippen LogP contribution is 2.60. The van der Waals surface area contributed by atoms with E-state index in [9.17, 15) is 0 Å². The molecule has 6 rings (SSSR count). The van der Waals surface area contributed by atoms with Crippen molar-refractivity contribution in [2.75, 3.05) is 0 Å². The fourth-order valence-electron chi connectivity index (χ4n) is 5.66. The molecule has 0 unspecified atom stereocenters. The van der Waals surface area contributed by atoms with Gasteiger partial charge in [0, 0.05) is 0 Å². The van der Waals surface area contributed by atoms with Crippen LogP contribution in [-0.2, 0) is 0 Å². The topological polar surface area (TPSA) is 0 Å². The summed E-state index contributed by atoms with van der Waals surface area (Å²) < 4.78 is 0. The van der Waals surface area contributed by atoms with E-state index in [-0.39, 0.29) is 0 Å². The lowest BCUT2D eigenvalue weighted by atomic mass is 9.78. The first-order valence-electron chi connectivity index (χ1n) is 10.1. The van der Waals surface area contributed by atoms with Crippen molar-refractivity contribution >= 4 is 10.8 Å². The zero-order chi connectivity index (χ0) is 17.8. The van der Waals surface area contributed by atoms with E-state index < -0.39 is 0 Å². The molecule has 1 fully saturated rings. The second-order valence-corrected chi connectivity index (χ2v) is 8.06. The van der Waals surface area contributed by atoms with Crippen LogP contribution in [0.3, 0.4) is 0 Å². The Morgan fingerprint density at radius 1 is 0.481 bits per heavy atom. The van der Waals surface area contributed by atoms with Crippen LogP contribution >= 0.6 is 0 Å². The molecule has 0 saturated heterocycles. The minimum absolute atomic E-state index is 0.729. The van der Waals surface area contributed by atoms with Gasteiger partial charge in [-0.3, -0.25) is 0 Å². The lowest BCUT2D eigenvalue weighted by molar-refractivity contribution is 0.721. The van der Waals surface area contributed by atoms with Crippen molar-refractivity contribution in [3.8, 4) is 22.3 Å². The number of hydrogen-bond acceptors (Lipinski definition) is 0. The van der Waals surface area contributed by atoms with E-state index in [1.807, 2.05) is 0 Å². The van der Waals surface area contributed by atoms with Gasteiger partial charge in [-0.25, -0.2) is 0 Å². The average Bonchev–Trinajstić information content (AvgIpc) is 3.36. The van der Waals surface area contributed by atoms with Gasteiger partial charge in [0.05, 0.1) is 0 Å². The maximum Gasteiger partial charge on any atom is -0.00672 e. The van der Waals surface area contributed by atoms with Crippen molar-refractivity contribution in [1.29, 1.82) is 0 Å². The van der Waals surface area contributed by atoms with E-state index >= 15 is 0 Å². The number of fused-ring (bicyclic) bond motifs is 6. The lowest BCUT2D eigenvalue weighted by Crippen LogP contribution is -2.04. The average molecular weight is 346 g/mol. The Morgan fingerprint density at radius 3 is 1.33 bits per heavy atom. The van der Waals surface area contributed by atoms with Crippen LogP contribution in [0.2, 0.25) is 0 Å². The molecule has 0 heterocycles. The molecule has 1 saturated carbocycles. The molecule has 2 atom stereocenters. The highest BCUT2D eigenvalue weighted by molar-refractivity contribution is 6.08. The van der Waals surface area contributed by atoms with E-state index in [1.165, 1.54) is 52.3 Å². The van der Waals surface area contributed by atoms with E-state index in [0.29, 0.717) is 0 Å². The Labute approximate surface area is 160 Å². The van der Waals surface area contributed by atoms with Gasteiger partial charge in [0.25, 0.3) is 0 Å². The minimum Gasteiger partial charge on any atom is -0.0622 e. The molecule has 0 nitrogen and oxygen atoms in total. The van der Waals surface area contributed by atoms with Crippen LogP contribution in [0.25, 0.3) is 33.0 Å². The van der Waals surface area contributed by atoms with Crippen molar-refractivity contribution in [2.24, 2.45) is 0 Å². The molecule has 2 aliphatic rings. The van der Waals surface area contributed by atoms with Crippen LogP contribution < -0.4 is 0 Å². The Kier molecular flexibility index (Phi) is 3.28. The van der Waals surface area contributed by atoms with Gasteiger partial charge >= 0.3 is 0 Å². The third-order valence-electron chi connectivity index (χ3n) is 6.67. The van der Waals surface area contributed by atoms with Crippen LogP contribution in [0.15, 0.2) is 84.9 Å². The van der Waals surface area contributed by atoms with Gasteiger partial charge in [-0.05, 0) is 75.3 Å². The monoisotopic (exact) mass is 346 g/mol. The van der Waals surface area contributed by atoms with Gasteiger partial charge in [0.2, 0.25) is 0 Å². The van der Waals surface area contributed by atoms with E-state index in [4.69, 9.17) is 0 Å². The summed E-state index contributed by atoms with van der Waals surface area (Å²) in [5, 5.41) is 2.82. The number of benzene rings is 4. The first kappa shape index (κ1) is 15.2. The third kappa shape index (κ3) is 2.16. The van der Waals surface area contributed by atoms with Crippen LogP contribution in [0, 0.1) is 0 Å². The molecule has 4 aromatic carbocycles. The molecular weight excluding hydrogens is 324 g/mol. The number of rotatable bonds is 2. The quantitative estimate of drug-likeness (QED) is 0.352. The summed E-state index contributed by atoms with van der Waals surface area (Å²) in [6.07, 6.45) is 4.04. The normalized spacial score (nSPS) is 20.1. The summed E-state index contributed by atoms with van der Waals surface area (Å²) in [4.78, 5) is 0. The molecule has 0 amide bonds. The third-order valence-corrected chi connectivity index (χ3v) is 6.67. The van der Waals surface area contributed by atoms with Gasteiger partial charge < -0.3 is 0 Å². The van der Waals surface area contributed by atoms with Crippen molar-refractivity contribution in [3.63, 3.8) is 0 Å². The summed E-state index contributed by atoms with van der Waals surface area (Å²) >= 11 is 0. The van der Waals surface area contributed by atoms with Crippen LogP contribution in [0.5, 0.6) is 0 Å². The Hall–Kier alpha value is -2.86. The van der Waals surface area contributed by atoms with E-state index in [1.54, 1.807) is 11.1 Å². The van der Waals surface area contributed by atoms with E-state index in [2.05, 4.69) is 84.9 Å². The van der Waals surface area contributed by atoms with Crippen molar-refractivity contribution in [1.82, 2.24) is 0 Å². The second kappa shape index (κ2) is 5.82. The molecule has 2 bridgehead atoms. The molecule has 27 heavy (non-hydrogen) atoms. The molecule has 0 aliphatic heterocycles. The maximum absolute atomic E-state index is 2.33. The molecule has 2 aliphatic carbocycles. The molecule has 4 aromatic rings. The summed E-state index contributed by atoms with van der Waals surface area (Å²) in [5.41, 5.74) is 9.03. The smallest absolute Gasteiger partial charge is 0.00672 e. The fraction of sp³-hybridized carbons (Fsp3) is 0.185. The zero-order valence-electron chi connectivity index (χ0n) is 15.4. The number of hydrogen-bond donors (Lipinski definition) is 0. The van der Waals surface area contributed by atoms with Gasteiger partial charge in [-0.15, -0.1) is 0 Å².